The summed E-state index contributed by atoms with van der Waals surface area (Å²) in [6, 6.07) is 12.9. The minimum absolute atomic E-state index is 0.224. The van der Waals surface area contributed by atoms with Crippen molar-refractivity contribution in [3.63, 3.8) is 0 Å². The second kappa shape index (κ2) is 5.92. The van der Waals surface area contributed by atoms with Crippen LogP contribution in [0.25, 0.3) is 22.1 Å². The number of H-pyrrole nitrogens is 1. The van der Waals surface area contributed by atoms with Gasteiger partial charge in [-0.15, -0.1) is 0 Å². The maximum absolute atomic E-state index is 5.38. The molecular formula is C19H18N4O. The van der Waals surface area contributed by atoms with Crippen molar-refractivity contribution >= 4 is 10.8 Å². The van der Waals surface area contributed by atoms with E-state index in [1.807, 2.05) is 6.20 Å². The van der Waals surface area contributed by atoms with E-state index in [-0.39, 0.29) is 5.92 Å². The number of rotatable bonds is 4. The Kier molecular flexibility index (Phi) is 3.61. The molecule has 0 saturated heterocycles. The molecule has 5 heteroatoms. The van der Waals surface area contributed by atoms with E-state index in [0.29, 0.717) is 5.92 Å². The number of oxazole rings is 1. The lowest BCUT2D eigenvalue weighted by molar-refractivity contribution is 0.551. The van der Waals surface area contributed by atoms with Crippen molar-refractivity contribution in [3.8, 4) is 11.3 Å². The normalized spacial score (nSPS) is 12.8. The van der Waals surface area contributed by atoms with Gasteiger partial charge in [0.05, 0.1) is 18.1 Å². The quantitative estimate of drug-likeness (QED) is 0.605. The molecule has 5 nitrogen and oxygen atoms in total. The van der Waals surface area contributed by atoms with E-state index in [0.717, 1.165) is 17.0 Å². The number of hydrogen-bond donors (Lipinski definition) is 1. The van der Waals surface area contributed by atoms with Gasteiger partial charge < -0.3 is 4.42 Å². The molecule has 0 aliphatic rings. The van der Waals surface area contributed by atoms with Gasteiger partial charge in [-0.25, -0.2) is 4.98 Å². The Labute approximate surface area is 139 Å². The van der Waals surface area contributed by atoms with E-state index in [1.165, 1.54) is 22.7 Å². The highest BCUT2D eigenvalue weighted by Crippen LogP contribution is 2.33. The Bertz CT molecular complexity index is 943. The molecule has 1 N–H and O–H groups in total. The number of nitrogens with one attached hydrogen (secondary N) is 1. The van der Waals surface area contributed by atoms with Crippen molar-refractivity contribution in [2.24, 2.45) is 5.92 Å². The summed E-state index contributed by atoms with van der Waals surface area (Å²) in [4.78, 5) is 3.98. The molecule has 0 bridgehead atoms. The molecule has 0 saturated carbocycles. The van der Waals surface area contributed by atoms with E-state index in [4.69, 9.17) is 4.42 Å². The molecule has 24 heavy (non-hydrogen) atoms. The van der Waals surface area contributed by atoms with Crippen LogP contribution in [0.3, 0.4) is 0 Å². The first-order valence-corrected chi connectivity index (χ1v) is 8.00. The number of fused-ring (bicyclic) bond motifs is 1. The first kappa shape index (κ1) is 14.6. The highest BCUT2D eigenvalue weighted by atomic mass is 16.3. The minimum atomic E-state index is 0.224. The monoisotopic (exact) mass is 318 g/mol. The first-order valence-electron chi connectivity index (χ1n) is 8.00. The molecule has 4 aromatic rings. The van der Waals surface area contributed by atoms with Gasteiger partial charge in [-0.05, 0) is 28.3 Å². The van der Waals surface area contributed by atoms with Crippen LogP contribution < -0.4 is 0 Å². The lowest BCUT2D eigenvalue weighted by Gasteiger charge is -2.19. The maximum Gasteiger partial charge on any atom is 0.181 e. The number of aromatic amines is 1. The fourth-order valence-corrected chi connectivity index (χ4v) is 3.23. The van der Waals surface area contributed by atoms with E-state index < -0.39 is 0 Å². The van der Waals surface area contributed by atoms with Crippen LogP contribution in [-0.2, 0) is 0 Å². The fraction of sp³-hybridized carbons (Fsp3) is 0.211. The predicted molar refractivity (Wildman–Crippen MR) is 92.5 cm³/mol. The lowest BCUT2D eigenvalue weighted by atomic mass is 9.85. The van der Waals surface area contributed by atoms with E-state index in [9.17, 15) is 0 Å². The number of benzene rings is 2. The first-order chi connectivity index (χ1) is 11.7. The van der Waals surface area contributed by atoms with Crippen LogP contribution in [0, 0.1) is 5.92 Å². The zero-order valence-electron chi connectivity index (χ0n) is 13.6. The molecule has 0 amide bonds. The van der Waals surface area contributed by atoms with Crippen molar-refractivity contribution in [3.05, 3.63) is 66.4 Å². The maximum atomic E-state index is 5.38. The molecule has 1 unspecified atom stereocenters. The summed E-state index contributed by atoms with van der Waals surface area (Å²) in [6.45, 7) is 4.41. The Morgan fingerprint density at radius 3 is 2.54 bits per heavy atom. The summed E-state index contributed by atoms with van der Waals surface area (Å²) in [5.74, 6) is 1.44. The average Bonchev–Trinajstić information content (AvgIpc) is 3.28. The summed E-state index contributed by atoms with van der Waals surface area (Å²) >= 11 is 0. The van der Waals surface area contributed by atoms with Crippen LogP contribution in [-0.4, -0.2) is 20.4 Å². The zero-order chi connectivity index (χ0) is 16.5. The van der Waals surface area contributed by atoms with Gasteiger partial charge in [0, 0.05) is 11.5 Å². The Morgan fingerprint density at radius 1 is 1.00 bits per heavy atom. The zero-order valence-corrected chi connectivity index (χ0v) is 13.6. The standard InChI is InChI=1S/C19H18N4O/c1-12(2)19(17-9-21-23-22-17)16-6-4-13-7-15(5-3-14(13)8-16)18-10-20-11-24-18/h3-12,19H,1-2H3,(H,21,22,23). The molecule has 2 heterocycles. The molecule has 0 aliphatic carbocycles. The van der Waals surface area contributed by atoms with Crippen LogP contribution in [0.15, 0.2) is 59.6 Å². The third kappa shape index (κ3) is 2.58. The highest BCUT2D eigenvalue weighted by molar-refractivity contribution is 5.87. The summed E-state index contributed by atoms with van der Waals surface area (Å²) < 4.78 is 5.38. The van der Waals surface area contributed by atoms with Gasteiger partial charge in [0.25, 0.3) is 0 Å². The molecular weight excluding hydrogens is 300 g/mol. The van der Waals surface area contributed by atoms with Gasteiger partial charge in [-0.2, -0.15) is 15.4 Å². The Hall–Kier alpha value is -2.95. The van der Waals surface area contributed by atoms with Gasteiger partial charge in [-0.1, -0.05) is 44.2 Å². The second-order valence-corrected chi connectivity index (χ2v) is 6.30. The number of nitrogens with zero attached hydrogens (tertiary/aromatic N) is 3. The molecule has 0 spiro atoms. The Balaban J connectivity index is 1.77. The van der Waals surface area contributed by atoms with Crippen LogP contribution in [0.1, 0.15) is 31.0 Å². The van der Waals surface area contributed by atoms with E-state index in [2.05, 4.69) is 70.6 Å². The smallest absolute Gasteiger partial charge is 0.181 e. The van der Waals surface area contributed by atoms with Crippen LogP contribution in [0.4, 0.5) is 0 Å². The molecule has 1 atom stereocenters. The number of hydrogen-bond acceptors (Lipinski definition) is 4. The van der Waals surface area contributed by atoms with E-state index in [1.54, 1.807) is 6.20 Å². The summed E-state index contributed by atoms with van der Waals surface area (Å²) in [7, 11) is 0. The van der Waals surface area contributed by atoms with Crippen molar-refractivity contribution in [2.45, 2.75) is 19.8 Å². The molecule has 0 radical (unpaired) electrons. The van der Waals surface area contributed by atoms with Crippen LogP contribution in [0.2, 0.25) is 0 Å². The SMILES string of the molecule is CC(C)C(c1ccc2cc(-c3cnco3)ccc2c1)c1cn[nH]n1. The van der Waals surface area contributed by atoms with Crippen LogP contribution in [0.5, 0.6) is 0 Å². The second-order valence-electron chi connectivity index (χ2n) is 6.30. The molecule has 4 rings (SSSR count). The molecule has 0 aliphatic heterocycles. The molecule has 0 fully saturated rings. The van der Waals surface area contributed by atoms with Crippen molar-refractivity contribution in [1.29, 1.82) is 0 Å². The fourth-order valence-electron chi connectivity index (χ4n) is 3.23. The van der Waals surface area contributed by atoms with Gasteiger partial charge in [0.1, 0.15) is 0 Å². The summed E-state index contributed by atoms with van der Waals surface area (Å²) in [6.07, 6.45) is 4.99. The number of aromatic nitrogens is 4. The van der Waals surface area contributed by atoms with Gasteiger partial charge in [-0.3, -0.25) is 0 Å². The third-order valence-corrected chi connectivity index (χ3v) is 4.36. The third-order valence-electron chi connectivity index (χ3n) is 4.36. The summed E-state index contributed by atoms with van der Waals surface area (Å²) in [5, 5.41) is 13.3. The van der Waals surface area contributed by atoms with Gasteiger partial charge in [0.15, 0.2) is 12.2 Å². The van der Waals surface area contributed by atoms with Crippen LogP contribution >= 0.6 is 0 Å². The van der Waals surface area contributed by atoms with Gasteiger partial charge >= 0.3 is 0 Å². The van der Waals surface area contributed by atoms with Crippen molar-refractivity contribution in [2.75, 3.05) is 0 Å². The topological polar surface area (TPSA) is 67.6 Å². The summed E-state index contributed by atoms with van der Waals surface area (Å²) in [5.41, 5.74) is 3.26. The molecule has 2 aromatic heterocycles. The minimum Gasteiger partial charge on any atom is -0.444 e. The highest BCUT2D eigenvalue weighted by Gasteiger charge is 2.21. The molecule has 2 aromatic carbocycles. The van der Waals surface area contributed by atoms with Crippen molar-refractivity contribution in [1.82, 2.24) is 20.4 Å². The van der Waals surface area contributed by atoms with E-state index >= 15 is 0 Å². The van der Waals surface area contributed by atoms with Gasteiger partial charge in [0.2, 0.25) is 0 Å². The lowest BCUT2D eigenvalue weighted by Crippen LogP contribution is -2.09. The average molecular weight is 318 g/mol. The Morgan fingerprint density at radius 2 is 1.83 bits per heavy atom. The molecule has 120 valence electrons. The predicted octanol–water partition coefficient (Wildman–Crippen LogP) is 4.40. The largest absolute Gasteiger partial charge is 0.444 e. The van der Waals surface area contributed by atoms with Crippen molar-refractivity contribution < 1.29 is 4.42 Å².